The summed E-state index contributed by atoms with van der Waals surface area (Å²) in [6, 6.07) is 9.17. The number of aromatic nitrogens is 2. The molecule has 8 nitrogen and oxygen atoms in total. The molecule has 3 heterocycles. The second kappa shape index (κ2) is 8.38. The highest BCUT2D eigenvalue weighted by Gasteiger charge is 2.29. The normalized spacial score (nSPS) is 18.1. The molecule has 0 atom stereocenters. The van der Waals surface area contributed by atoms with Crippen molar-refractivity contribution in [1.29, 1.82) is 0 Å². The van der Waals surface area contributed by atoms with Crippen LogP contribution in [-0.4, -0.2) is 66.6 Å². The highest BCUT2D eigenvalue weighted by molar-refractivity contribution is 7.89. The van der Waals surface area contributed by atoms with E-state index in [1.165, 1.54) is 11.1 Å². The van der Waals surface area contributed by atoms with Gasteiger partial charge >= 0.3 is 0 Å². The third-order valence-electron chi connectivity index (χ3n) is 6.28. The number of aryl methyl sites for hydroxylation is 2. The monoisotopic (exact) mass is 456 g/mol. The molecule has 3 aromatic rings. The van der Waals surface area contributed by atoms with E-state index in [1.54, 1.807) is 22.5 Å². The van der Waals surface area contributed by atoms with Crippen molar-refractivity contribution in [1.82, 2.24) is 18.8 Å². The maximum Gasteiger partial charge on any atom is 0.243 e. The Bertz CT molecular complexity index is 1250. The Labute approximate surface area is 188 Å². The van der Waals surface area contributed by atoms with E-state index in [9.17, 15) is 8.42 Å². The van der Waals surface area contributed by atoms with Crippen LogP contribution < -0.4 is 9.47 Å². The molecule has 32 heavy (non-hydrogen) atoms. The predicted octanol–water partition coefficient (Wildman–Crippen LogP) is 2.78. The minimum atomic E-state index is -3.59. The van der Waals surface area contributed by atoms with E-state index in [1.807, 2.05) is 6.33 Å². The van der Waals surface area contributed by atoms with Crippen LogP contribution in [0.1, 0.15) is 17.5 Å². The Hall–Kier alpha value is -2.62. The Balaban J connectivity index is 1.27. The molecule has 0 spiro atoms. The van der Waals surface area contributed by atoms with Gasteiger partial charge in [0.15, 0.2) is 11.5 Å². The third-order valence-corrected chi connectivity index (χ3v) is 8.17. The fourth-order valence-electron chi connectivity index (χ4n) is 4.21. The second-order valence-corrected chi connectivity index (χ2v) is 10.4. The number of ether oxygens (including phenoxy) is 2. The minimum Gasteiger partial charge on any atom is -0.490 e. The van der Waals surface area contributed by atoms with E-state index in [0.717, 1.165) is 17.5 Å². The molecule has 0 amide bonds. The predicted molar refractivity (Wildman–Crippen MR) is 122 cm³/mol. The SMILES string of the molecule is Cc1cc2ncn(CN3CCN(S(=O)(=O)c4ccc5c(c4)OCCCO5)CC3)c2cc1C. The van der Waals surface area contributed by atoms with Crippen LogP contribution in [0.2, 0.25) is 0 Å². The van der Waals surface area contributed by atoms with Crippen molar-refractivity contribution < 1.29 is 17.9 Å². The number of nitrogens with zero attached hydrogens (tertiary/aromatic N) is 4. The van der Waals surface area contributed by atoms with Crippen molar-refractivity contribution in [3.05, 3.63) is 47.8 Å². The van der Waals surface area contributed by atoms with Crippen molar-refractivity contribution in [3.63, 3.8) is 0 Å². The van der Waals surface area contributed by atoms with Gasteiger partial charge in [0.2, 0.25) is 10.0 Å². The summed E-state index contributed by atoms with van der Waals surface area (Å²) in [6.45, 7) is 8.21. The van der Waals surface area contributed by atoms with Crippen LogP contribution in [0.3, 0.4) is 0 Å². The van der Waals surface area contributed by atoms with Crippen LogP contribution in [0.5, 0.6) is 11.5 Å². The van der Waals surface area contributed by atoms with Gasteiger partial charge in [-0.1, -0.05) is 0 Å². The maximum absolute atomic E-state index is 13.2. The third kappa shape index (κ3) is 3.96. The molecule has 1 saturated heterocycles. The number of sulfonamides is 1. The van der Waals surface area contributed by atoms with E-state index >= 15 is 0 Å². The average Bonchev–Trinajstić information content (AvgIpc) is 3.01. The fraction of sp³-hybridized carbons (Fsp3) is 0.435. The van der Waals surface area contributed by atoms with Crippen LogP contribution >= 0.6 is 0 Å². The summed E-state index contributed by atoms with van der Waals surface area (Å²) in [5, 5.41) is 0. The lowest BCUT2D eigenvalue weighted by Gasteiger charge is -2.34. The summed E-state index contributed by atoms with van der Waals surface area (Å²) >= 11 is 0. The van der Waals surface area contributed by atoms with E-state index in [2.05, 4.69) is 40.4 Å². The Kier molecular flexibility index (Phi) is 5.56. The molecule has 2 aliphatic heterocycles. The molecule has 0 bridgehead atoms. The molecular formula is C23H28N4O4S. The first-order chi connectivity index (χ1) is 15.4. The Morgan fingerprint density at radius 3 is 2.44 bits per heavy atom. The van der Waals surface area contributed by atoms with E-state index in [0.29, 0.717) is 57.6 Å². The number of piperazine rings is 1. The molecule has 170 valence electrons. The van der Waals surface area contributed by atoms with Crippen LogP contribution in [-0.2, 0) is 16.7 Å². The molecule has 1 fully saturated rings. The van der Waals surface area contributed by atoms with Gasteiger partial charge < -0.3 is 14.0 Å². The minimum absolute atomic E-state index is 0.252. The van der Waals surface area contributed by atoms with Crippen molar-refractivity contribution in [2.75, 3.05) is 39.4 Å². The fourth-order valence-corrected chi connectivity index (χ4v) is 5.64. The largest absolute Gasteiger partial charge is 0.490 e. The molecule has 1 aromatic heterocycles. The number of hydrogen-bond acceptors (Lipinski definition) is 6. The molecule has 2 aromatic carbocycles. The highest BCUT2D eigenvalue weighted by atomic mass is 32.2. The first kappa shape index (κ1) is 21.2. The van der Waals surface area contributed by atoms with Crippen LogP contribution in [0, 0.1) is 13.8 Å². The molecule has 0 N–H and O–H groups in total. The van der Waals surface area contributed by atoms with Gasteiger partial charge in [-0.2, -0.15) is 4.31 Å². The maximum atomic E-state index is 13.2. The molecule has 0 unspecified atom stereocenters. The zero-order valence-electron chi connectivity index (χ0n) is 18.5. The van der Waals surface area contributed by atoms with Gasteiger partial charge in [-0.25, -0.2) is 13.4 Å². The van der Waals surface area contributed by atoms with Crippen molar-refractivity contribution >= 4 is 21.1 Å². The Morgan fingerprint density at radius 1 is 0.938 bits per heavy atom. The number of fused-ring (bicyclic) bond motifs is 2. The summed E-state index contributed by atoms with van der Waals surface area (Å²) in [7, 11) is -3.59. The number of benzene rings is 2. The van der Waals surface area contributed by atoms with Gasteiger partial charge in [-0.3, -0.25) is 4.90 Å². The van der Waals surface area contributed by atoms with Gasteiger partial charge in [0.25, 0.3) is 0 Å². The number of hydrogen-bond donors (Lipinski definition) is 0. The van der Waals surface area contributed by atoms with Crippen LogP contribution in [0.25, 0.3) is 11.0 Å². The first-order valence-corrected chi connectivity index (χ1v) is 12.4. The lowest BCUT2D eigenvalue weighted by atomic mass is 10.1. The van der Waals surface area contributed by atoms with Gasteiger partial charge in [0, 0.05) is 38.7 Å². The molecule has 0 radical (unpaired) electrons. The summed E-state index contributed by atoms with van der Waals surface area (Å²) in [4.78, 5) is 7.04. The zero-order valence-corrected chi connectivity index (χ0v) is 19.3. The van der Waals surface area contributed by atoms with Crippen LogP contribution in [0.4, 0.5) is 0 Å². The van der Waals surface area contributed by atoms with E-state index in [4.69, 9.17) is 9.47 Å². The quantitative estimate of drug-likeness (QED) is 0.601. The number of rotatable bonds is 4. The van der Waals surface area contributed by atoms with Gasteiger partial charge in [0.1, 0.15) is 0 Å². The van der Waals surface area contributed by atoms with Crippen molar-refractivity contribution in [2.24, 2.45) is 0 Å². The zero-order chi connectivity index (χ0) is 22.3. The topological polar surface area (TPSA) is 76.9 Å². The summed E-state index contributed by atoms with van der Waals surface area (Å²) in [5.74, 6) is 1.10. The smallest absolute Gasteiger partial charge is 0.243 e. The molecular weight excluding hydrogens is 428 g/mol. The van der Waals surface area contributed by atoms with E-state index in [-0.39, 0.29) is 4.90 Å². The van der Waals surface area contributed by atoms with Gasteiger partial charge in [0.05, 0.1) is 42.1 Å². The summed E-state index contributed by atoms with van der Waals surface area (Å²) in [5.41, 5.74) is 4.57. The lowest BCUT2D eigenvalue weighted by Crippen LogP contribution is -2.48. The molecule has 0 saturated carbocycles. The van der Waals surface area contributed by atoms with Gasteiger partial charge in [-0.05, 0) is 49.2 Å². The van der Waals surface area contributed by atoms with Crippen LogP contribution in [0.15, 0.2) is 41.6 Å². The van der Waals surface area contributed by atoms with Crippen molar-refractivity contribution in [2.45, 2.75) is 31.8 Å². The molecule has 5 rings (SSSR count). The average molecular weight is 457 g/mol. The lowest BCUT2D eigenvalue weighted by molar-refractivity contribution is 0.154. The summed E-state index contributed by atoms with van der Waals surface area (Å²) in [6.07, 6.45) is 2.65. The second-order valence-electron chi connectivity index (χ2n) is 8.46. The molecule has 0 aliphatic carbocycles. The highest BCUT2D eigenvalue weighted by Crippen LogP contribution is 2.33. The first-order valence-electron chi connectivity index (χ1n) is 11.0. The number of imidazole rings is 1. The summed E-state index contributed by atoms with van der Waals surface area (Å²) < 4.78 is 41.4. The standard InChI is InChI=1S/C23H28N4O4S/c1-17-12-20-21(13-18(17)2)26(15-24-20)16-25-6-8-27(9-7-25)32(28,29)19-4-5-22-23(14-19)31-11-3-10-30-22/h4-5,12-15H,3,6-11,16H2,1-2H3. The Morgan fingerprint density at radius 2 is 1.66 bits per heavy atom. The molecule has 9 heteroatoms. The van der Waals surface area contributed by atoms with E-state index < -0.39 is 10.0 Å². The molecule has 2 aliphatic rings. The van der Waals surface area contributed by atoms with Gasteiger partial charge in [-0.15, -0.1) is 0 Å². The van der Waals surface area contributed by atoms with Crippen molar-refractivity contribution in [3.8, 4) is 11.5 Å².